The van der Waals surface area contributed by atoms with Crippen LogP contribution in [0, 0.1) is 5.92 Å². The predicted octanol–water partition coefficient (Wildman–Crippen LogP) is 1.89. The Balaban J connectivity index is 2.74. The van der Waals surface area contributed by atoms with E-state index in [0.717, 1.165) is 6.42 Å². The van der Waals surface area contributed by atoms with Crippen LogP contribution in [-0.4, -0.2) is 21.4 Å². The molecule has 0 unspecified atom stereocenters. The second-order valence-corrected chi connectivity index (χ2v) is 4.78. The highest BCUT2D eigenvalue weighted by Crippen LogP contribution is 2.33. The van der Waals surface area contributed by atoms with E-state index in [1.165, 1.54) is 6.07 Å². The van der Waals surface area contributed by atoms with Gasteiger partial charge in [-0.2, -0.15) is 0 Å². The van der Waals surface area contributed by atoms with Crippen molar-refractivity contribution in [3.8, 4) is 11.5 Å². The van der Waals surface area contributed by atoms with Crippen molar-refractivity contribution in [2.24, 2.45) is 11.7 Å². The molecule has 0 saturated heterocycles. The number of phenolic OH excluding ortho intramolecular Hbond substituents is 2. The average Bonchev–Trinajstić information content (AvgIpc) is 2.28. The average molecular weight is 239 g/mol. The molecule has 1 rings (SSSR count). The Morgan fingerprint density at radius 3 is 2.41 bits per heavy atom. The molecule has 0 aliphatic rings. The molecule has 0 saturated carbocycles. The van der Waals surface area contributed by atoms with Gasteiger partial charge >= 0.3 is 0 Å². The maximum Gasteiger partial charge on any atom is 0.162 e. The summed E-state index contributed by atoms with van der Waals surface area (Å²) in [7, 11) is 0. The minimum Gasteiger partial charge on any atom is -0.504 e. The van der Waals surface area contributed by atoms with Crippen LogP contribution in [0.5, 0.6) is 11.5 Å². The smallest absolute Gasteiger partial charge is 0.162 e. The minimum absolute atomic E-state index is 0.214. The zero-order valence-electron chi connectivity index (χ0n) is 10.3. The first-order valence-corrected chi connectivity index (χ1v) is 5.88. The summed E-state index contributed by atoms with van der Waals surface area (Å²) in [5.41, 5.74) is 6.25. The van der Waals surface area contributed by atoms with E-state index in [1.807, 2.05) is 0 Å². The number of nitrogens with two attached hydrogens (primary N) is 1. The minimum atomic E-state index is -0.718. The van der Waals surface area contributed by atoms with Gasteiger partial charge < -0.3 is 21.1 Å². The molecule has 96 valence electrons. The van der Waals surface area contributed by atoms with Gasteiger partial charge in [0.2, 0.25) is 0 Å². The molecular formula is C13H21NO3. The van der Waals surface area contributed by atoms with E-state index < -0.39 is 12.1 Å². The lowest BCUT2D eigenvalue weighted by atomic mass is 9.95. The molecule has 17 heavy (non-hydrogen) atoms. The number of rotatable bonds is 5. The summed E-state index contributed by atoms with van der Waals surface area (Å²) >= 11 is 0. The lowest BCUT2D eigenvalue weighted by Gasteiger charge is -2.21. The summed E-state index contributed by atoms with van der Waals surface area (Å²) in [4.78, 5) is 0. The van der Waals surface area contributed by atoms with Crippen molar-refractivity contribution in [2.75, 3.05) is 0 Å². The van der Waals surface area contributed by atoms with Gasteiger partial charge in [-0.1, -0.05) is 26.0 Å². The second kappa shape index (κ2) is 5.89. The third-order valence-corrected chi connectivity index (χ3v) is 2.86. The maximum absolute atomic E-state index is 9.92. The van der Waals surface area contributed by atoms with Crippen LogP contribution in [0.2, 0.25) is 0 Å². The van der Waals surface area contributed by atoms with Crippen LogP contribution in [0.25, 0.3) is 0 Å². The van der Waals surface area contributed by atoms with Crippen LogP contribution in [0.1, 0.15) is 38.3 Å². The first-order chi connectivity index (χ1) is 7.93. The summed E-state index contributed by atoms with van der Waals surface area (Å²) in [5.74, 6) is 0.0345. The second-order valence-electron chi connectivity index (χ2n) is 4.78. The molecule has 1 aromatic carbocycles. The molecule has 0 aliphatic heterocycles. The largest absolute Gasteiger partial charge is 0.504 e. The first-order valence-electron chi connectivity index (χ1n) is 5.88. The van der Waals surface area contributed by atoms with Gasteiger partial charge in [-0.05, 0) is 24.8 Å². The van der Waals surface area contributed by atoms with Gasteiger partial charge in [0.15, 0.2) is 11.5 Å². The number of aliphatic hydroxyl groups excluding tert-OH is 1. The van der Waals surface area contributed by atoms with Crippen molar-refractivity contribution < 1.29 is 15.3 Å². The Bertz CT molecular complexity index is 366. The Kier molecular flexibility index (Phi) is 4.78. The molecule has 5 N–H and O–H groups in total. The first kappa shape index (κ1) is 13.8. The predicted molar refractivity (Wildman–Crippen MR) is 66.8 cm³/mol. The molecule has 0 aromatic heterocycles. The fourth-order valence-electron chi connectivity index (χ4n) is 1.71. The van der Waals surface area contributed by atoms with Crippen LogP contribution in [0.4, 0.5) is 0 Å². The third-order valence-electron chi connectivity index (χ3n) is 2.86. The summed E-state index contributed by atoms with van der Waals surface area (Å²) in [6, 6.07) is 3.91. The third kappa shape index (κ3) is 3.61. The molecule has 0 fully saturated rings. The van der Waals surface area contributed by atoms with Crippen LogP contribution >= 0.6 is 0 Å². The molecule has 0 bridgehead atoms. The van der Waals surface area contributed by atoms with Gasteiger partial charge in [0.25, 0.3) is 0 Å². The molecule has 0 amide bonds. The summed E-state index contributed by atoms with van der Waals surface area (Å²) in [6.07, 6.45) is 0.729. The van der Waals surface area contributed by atoms with E-state index in [1.54, 1.807) is 12.1 Å². The van der Waals surface area contributed by atoms with Gasteiger partial charge in [-0.15, -0.1) is 0 Å². The van der Waals surface area contributed by atoms with Crippen LogP contribution in [0.15, 0.2) is 18.2 Å². The lowest BCUT2D eigenvalue weighted by molar-refractivity contribution is 0.127. The fourth-order valence-corrected chi connectivity index (χ4v) is 1.71. The van der Waals surface area contributed by atoms with Gasteiger partial charge in [0.05, 0.1) is 12.1 Å². The molecule has 0 spiro atoms. The van der Waals surface area contributed by atoms with Crippen molar-refractivity contribution in [3.05, 3.63) is 23.8 Å². The van der Waals surface area contributed by atoms with E-state index in [9.17, 15) is 15.3 Å². The van der Waals surface area contributed by atoms with Crippen molar-refractivity contribution in [1.29, 1.82) is 0 Å². The number of benzene rings is 1. The SMILES string of the molecule is CC(C)CC[C@H](O)[C@H](N)c1cccc(O)c1O. The van der Waals surface area contributed by atoms with E-state index >= 15 is 0 Å². The number of phenols is 2. The molecule has 4 nitrogen and oxygen atoms in total. The van der Waals surface area contributed by atoms with Crippen molar-refractivity contribution >= 4 is 0 Å². The van der Waals surface area contributed by atoms with Gasteiger partial charge in [-0.25, -0.2) is 0 Å². The number of aliphatic hydroxyl groups is 1. The fraction of sp³-hybridized carbons (Fsp3) is 0.538. The topological polar surface area (TPSA) is 86.7 Å². The van der Waals surface area contributed by atoms with Crippen molar-refractivity contribution in [1.82, 2.24) is 0 Å². The van der Waals surface area contributed by atoms with Crippen molar-refractivity contribution in [3.63, 3.8) is 0 Å². The van der Waals surface area contributed by atoms with Crippen molar-refractivity contribution in [2.45, 2.75) is 38.8 Å². The Morgan fingerprint density at radius 1 is 1.18 bits per heavy atom. The number of para-hydroxylation sites is 1. The molecular weight excluding hydrogens is 218 g/mol. The molecule has 2 atom stereocenters. The van der Waals surface area contributed by atoms with Crippen LogP contribution < -0.4 is 5.73 Å². The molecule has 0 aliphatic carbocycles. The van der Waals surface area contributed by atoms with Gasteiger partial charge in [0.1, 0.15) is 0 Å². The van der Waals surface area contributed by atoms with Gasteiger partial charge in [0, 0.05) is 5.56 Å². The zero-order chi connectivity index (χ0) is 13.0. The van der Waals surface area contributed by atoms with Gasteiger partial charge in [-0.3, -0.25) is 0 Å². The van der Waals surface area contributed by atoms with E-state index in [0.29, 0.717) is 17.9 Å². The standard InChI is InChI=1S/C13H21NO3/c1-8(2)6-7-10(15)12(14)9-4-3-5-11(16)13(9)17/h3-5,8,10,12,15-17H,6-7,14H2,1-2H3/t10-,12+/m0/s1. The lowest BCUT2D eigenvalue weighted by Crippen LogP contribution is -2.26. The molecule has 1 aromatic rings. The monoisotopic (exact) mass is 239 g/mol. The summed E-state index contributed by atoms with van der Waals surface area (Å²) in [6.45, 7) is 4.15. The summed E-state index contributed by atoms with van der Waals surface area (Å²) < 4.78 is 0. The molecule has 4 heteroatoms. The molecule has 0 heterocycles. The Labute approximate surface area is 102 Å². The van der Waals surface area contributed by atoms with Crippen LogP contribution in [-0.2, 0) is 0 Å². The highest BCUT2D eigenvalue weighted by Gasteiger charge is 2.21. The van der Waals surface area contributed by atoms with Crippen LogP contribution in [0.3, 0.4) is 0 Å². The van der Waals surface area contributed by atoms with E-state index in [-0.39, 0.29) is 11.5 Å². The maximum atomic E-state index is 9.92. The zero-order valence-corrected chi connectivity index (χ0v) is 10.3. The summed E-state index contributed by atoms with van der Waals surface area (Å²) in [5, 5.41) is 28.9. The normalized spacial score (nSPS) is 14.9. The highest BCUT2D eigenvalue weighted by atomic mass is 16.3. The Hall–Kier alpha value is -1.26. The number of hydrogen-bond donors (Lipinski definition) is 4. The van der Waals surface area contributed by atoms with E-state index in [2.05, 4.69) is 13.8 Å². The number of hydrogen-bond acceptors (Lipinski definition) is 4. The highest BCUT2D eigenvalue weighted by molar-refractivity contribution is 5.46. The number of aromatic hydroxyl groups is 2. The quantitative estimate of drug-likeness (QED) is 0.591. The van der Waals surface area contributed by atoms with E-state index in [4.69, 9.17) is 5.73 Å². The Morgan fingerprint density at radius 2 is 1.82 bits per heavy atom. The molecule has 0 radical (unpaired) electrons.